The highest BCUT2D eigenvalue weighted by Crippen LogP contribution is 2.32. The first-order valence-electron chi connectivity index (χ1n) is 5.90. The minimum atomic E-state index is 0.482. The van der Waals surface area contributed by atoms with Crippen LogP contribution in [0.2, 0.25) is 10.0 Å². The van der Waals surface area contributed by atoms with Crippen LogP contribution in [0.5, 0.6) is 0 Å². The molecule has 4 nitrogen and oxygen atoms in total. The monoisotopic (exact) mass is 296 g/mol. The predicted molar refractivity (Wildman–Crippen MR) is 80.7 cm³/mol. The maximum Gasteiger partial charge on any atom is 0.139 e. The second-order valence-corrected chi connectivity index (χ2v) is 4.66. The number of aromatic nitrogens is 2. The van der Waals surface area contributed by atoms with Gasteiger partial charge in [0, 0.05) is 12.6 Å². The number of benzene rings is 1. The van der Waals surface area contributed by atoms with Crippen molar-refractivity contribution in [2.24, 2.45) is 0 Å². The van der Waals surface area contributed by atoms with E-state index in [-0.39, 0.29) is 0 Å². The summed E-state index contributed by atoms with van der Waals surface area (Å²) in [5, 5.41) is 7.24. The topological polar surface area (TPSA) is 49.8 Å². The van der Waals surface area contributed by atoms with Crippen molar-refractivity contribution in [2.75, 3.05) is 17.7 Å². The zero-order valence-corrected chi connectivity index (χ0v) is 12.2. The third-order valence-electron chi connectivity index (χ3n) is 2.74. The summed E-state index contributed by atoms with van der Waals surface area (Å²) >= 11 is 12.2. The first-order valence-corrected chi connectivity index (χ1v) is 6.65. The molecule has 0 aliphatic heterocycles. The Morgan fingerprint density at radius 1 is 1.16 bits per heavy atom. The smallest absolute Gasteiger partial charge is 0.139 e. The summed E-state index contributed by atoms with van der Waals surface area (Å²) in [5.41, 5.74) is 1.73. The normalized spacial score (nSPS) is 10.3. The van der Waals surface area contributed by atoms with Crippen LogP contribution in [0.25, 0.3) is 0 Å². The van der Waals surface area contributed by atoms with Gasteiger partial charge in [-0.3, -0.25) is 0 Å². The molecule has 19 heavy (non-hydrogen) atoms. The van der Waals surface area contributed by atoms with Crippen LogP contribution in [0.4, 0.5) is 17.3 Å². The Kier molecular flexibility index (Phi) is 4.45. The van der Waals surface area contributed by atoms with Crippen molar-refractivity contribution in [3.05, 3.63) is 40.1 Å². The molecule has 0 amide bonds. The van der Waals surface area contributed by atoms with Crippen molar-refractivity contribution in [3.63, 3.8) is 0 Å². The molecule has 2 aromatic rings. The second kappa shape index (κ2) is 6.08. The summed E-state index contributed by atoms with van der Waals surface area (Å²) in [5.74, 6) is 1.53. The summed E-state index contributed by atoms with van der Waals surface area (Å²) in [7, 11) is 1.83. The van der Waals surface area contributed by atoms with Gasteiger partial charge < -0.3 is 10.6 Å². The molecule has 0 aliphatic carbocycles. The van der Waals surface area contributed by atoms with Crippen LogP contribution in [0.1, 0.15) is 12.5 Å². The number of hydrogen-bond acceptors (Lipinski definition) is 4. The Labute approximate surface area is 122 Å². The fraction of sp³-hybridized carbons (Fsp3) is 0.231. The van der Waals surface area contributed by atoms with Crippen molar-refractivity contribution in [3.8, 4) is 0 Å². The first-order chi connectivity index (χ1) is 9.17. The maximum atomic E-state index is 6.16. The molecule has 0 bridgehead atoms. The third kappa shape index (κ3) is 2.91. The van der Waals surface area contributed by atoms with Gasteiger partial charge in [-0.05, 0) is 18.6 Å². The van der Waals surface area contributed by atoms with Crippen LogP contribution >= 0.6 is 23.2 Å². The van der Waals surface area contributed by atoms with E-state index in [0.717, 1.165) is 29.3 Å². The van der Waals surface area contributed by atoms with Gasteiger partial charge in [0.2, 0.25) is 0 Å². The average molecular weight is 297 g/mol. The zero-order chi connectivity index (χ0) is 13.8. The fourth-order valence-electron chi connectivity index (χ4n) is 1.80. The summed E-state index contributed by atoms with van der Waals surface area (Å²) in [6.45, 7) is 2.05. The van der Waals surface area contributed by atoms with E-state index in [9.17, 15) is 0 Å². The largest absolute Gasteiger partial charge is 0.373 e. The predicted octanol–water partition coefficient (Wildman–Crippen LogP) is 4.13. The van der Waals surface area contributed by atoms with Crippen molar-refractivity contribution in [1.82, 2.24) is 9.97 Å². The highest BCUT2D eigenvalue weighted by atomic mass is 35.5. The van der Waals surface area contributed by atoms with Crippen molar-refractivity contribution in [1.29, 1.82) is 0 Å². The first kappa shape index (κ1) is 13.9. The van der Waals surface area contributed by atoms with Gasteiger partial charge in [0.1, 0.15) is 18.0 Å². The zero-order valence-electron chi connectivity index (χ0n) is 10.7. The summed E-state index contributed by atoms with van der Waals surface area (Å²) in [6, 6.07) is 5.44. The quantitative estimate of drug-likeness (QED) is 0.891. The van der Waals surface area contributed by atoms with Gasteiger partial charge in [0.25, 0.3) is 0 Å². The van der Waals surface area contributed by atoms with Gasteiger partial charge in [0.15, 0.2) is 0 Å². The van der Waals surface area contributed by atoms with E-state index >= 15 is 0 Å². The van der Waals surface area contributed by atoms with E-state index in [1.165, 1.54) is 6.33 Å². The molecule has 0 saturated heterocycles. The molecule has 0 fully saturated rings. The lowest BCUT2D eigenvalue weighted by molar-refractivity contribution is 1.05. The van der Waals surface area contributed by atoms with Gasteiger partial charge >= 0.3 is 0 Å². The van der Waals surface area contributed by atoms with Crippen molar-refractivity contribution >= 4 is 40.5 Å². The molecule has 0 atom stereocenters. The summed E-state index contributed by atoms with van der Waals surface area (Å²) in [4.78, 5) is 8.45. The van der Waals surface area contributed by atoms with Gasteiger partial charge in [-0.15, -0.1) is 0 Å². The molecule has 2 N–H and O–H groups in total. The molecular weight excluding hydrogens is 283 g/mol. The molecule has 1 aromatic carbocycles. The molecule has 0 spiro atoms. The Hall–Kier alpha value is -1.52. The lowest BCUT2D eigenvalue weighted by Crippen LogP contribution is -2.05. The maximum absolute atomic E-state index is 6.16. The molecule has 0 saturated carbocycles. The number of nitrogens with zero attached hydrogens (tertiary/aromatic N) is 2. The Balaban J connectivity index is 2.41. The van der Waals surface area contributed by atoms with E-state index in [4.69, 9.17) is 23.2 Å². The lowest BCUT2D eigenvalue weighted by Gasteiger charge is -2.14. The highest BCUT2D eigenvalue weighted by Gasteiger charge is 2.11. The molecule has 6 heteroatoms. The highest BCUT2D eigenvalue weighted by molar-refractivity contribution is 6.43. The molecular formula is C13H14Cl2N4. The molecule has 0 radical (unpaired) electrons. The van der Waals surface area contributed by atoms with Gasteiger partial charge in [-0.2, -0.15) is 0 Å². The molecule has 1 heterocycles. The number of hydrogen-bond donors (Lipinski definition) is 2. The molecule has 100 valence electrons. The third-order valence-corrected chi connectivity index (χ3v) is 3.56. The van der Waals surface area contributed by atoms with E-state index < -0.39 is 0 Å². The van der Waals surface area contributed by atoms with E-state index in [1.807, 2.05) is 26.1 Å². The number of anilines is 3. The van der Waals surface area contributed by atoms with E-state index in [1.54, 1.807) is 6.07 Å². The van der Waals surface area contributed by atoms with Crippen LogP contribution in [-0.2, 0) is 6.42 Å². The van der Waals surface area contributed by atoms with Crippen LogP contribution in [0, 0.1) is 0 Å². The Morgan fingerprint density at radius 3 is 2.58 bits per heavy atom. The Bertz CT molecular complexity index is 587. The van der Waals surface area contributed by atoms with Gasteiger partial charge in [0.05, 0.1) is 15.7 Å². The molecule has 2 rings (SSSR count). The second-order valence-electron chi connectivity index (χ2n) is 3.88. The SMILES string of the molecule is CCc1c(NC)ncnc1Nc1cccc(Cl)c1Cl. The fourth-order valence-corrected chi connectivity index (χ4v) is 2.15. The average Bonchev–Trinajstić information content (AvgIpc) is 2.43. The minimum Gasteiger partial charge on any atom is -0.373 e. The standard InChI is InChI=1S/C13H14Cl2N4/c1-3-8-12(16-2)17-7-18-13(8)19-10-6-4-5-9(14)11(10)15/h4-7H,3H2,1-2H3,(H2,16,17,18,19). The molecule has 0 unspecified atom stereocenters. The molecule has 1 aromatic heterocycles. The van der Waals surface area contributed by atoms with E-state index in [2.05, 4.69) is 20.6 Å². The summed E-state index contributed by atoms with van der Waals surface area (Å²) in [6.07, 6.45) is 2.31. The Morgan fingerprint density at radius 2 is 1.89 bits per heavy atom. The van der Waals surface area contributed by atoms with Crippen LogP contribution in [0.15, 0.2) is 24.5 Å². The van der Waals surface area contributed by atoms with Crippen molar-refractivity contribution in [2.45, 2.75) is 13.3 Å². The van der Waals surface area contributed by atoms with E-state index in [0.29, 0.717) is 10.0 Å². The van der Waals surface area contributed by atoms with Crippen LogP contribution < -0.4 is 10.6 Å². The minimum absolute atomic E-state index is 0.482. The van der Waals surface area contributed by atoms with Crippen molar-refractivity contribution < 1.29 is 0 Å². The summed E-state index contributed by atoms with van der Waals surface area (Å²) < 4.78 is 0. The number of rotatable bonds is 4. The van der Waals surface area contributed by atoms with Gasteiger partial charge in [-0.1, -0.05) is 36.2 Å². The van der Waals surface area contributed by atoms with Crippen LogP contribution in [0.3, 0.4) is 0 Å². The molecule has 0 aliphatic rings. The number of halogens is 2. The van der Waals surface area contributed by atoms with Gasteiger partial charge in [-0.25, -0.2) is 9.97 Å². The lowest BCUT2D eigenvalue weighted by atomic mass is 10.2. The number of nitrogens with one attached hydrogen (secondary N) is 2. The van der Waals surface area contributed by atoms with Crippen LogP contribution in [-0.4, -0.2) is 17.0 Å².